The lowest BCUT2D eigenvalue weighted by atomic mass is 10.1. The summed E-state index contributed by atoms with van der Waals surface area (Å²) in [5.74, 6) is -0.186. The molecule has 0 radical (unpaired) electrons. The lowest BCUT2D eigenvalue weighted by molar-refractivity contribution is 0.0572. The molecule has 2 aromatic rings. The number of carbonyl (C=O) groups excluding carboxylic acids is 1. The summed E-state index contributed by atoms with van der Waals surface area (Å²) in [6, 6.07) is 9.00. The third-order valence-corrected chi connectivity index (χ3v) is 3.42. The van der Waals surface area contributed by atoms with E-state index >= 15 is 0 Å². The van der Waals surface area contributed by atoms with Gasteiger partial charge in [0.25, 0.3) is 5.91 Å². The molecular formula is C14H14N2O3. The van der Waals surface area contributed by atoms with E-state index in [2.05, 4.69) is 4.98 Å². The summed E-state index contributed by atoms with van der Waals surface area (Å²) >= 11 is 0. The van der Waals surface area contributed by atoms with Crippen molar-refractivity contribution >= 4 is 16.8 Å². The van der Waals surface area contributed by atoms with E-state index in [0.29, 0.717) is 5.56 Å². The summed E-state index contributed by atoms with van der Waals surface area (Å²) in [6.45, 7) is 0.327. The summed E-state index contributed by atoms with van der Waals surface area (Å²) in [5, 5.41) is 19.8. The van der Waals surface area contributed by atoms with E-state index in [0.717, 1.165) is 10.9 Å². The molecule has 0 spiro atoms. The van der Waals surface area contributed by atoms with Crippen LogP contribution in [0.2, 0.25) is 0 Å². The standard InChI is InChI=1S/C14H14N2O3/c17-12-7-16(8-13(12)18)14(19)10-3-1-5-11-9(10)4-2-6-15-11/h1-6,12-13,17-18H,7-8H2. The molecule has 2 heterocycles. The number of rotatable bonds is 1. The van der Waals surface area contributed by atoms with Crippen LogP contribution in [0.1, 0.15) is 10.4 Å². The van der Waals surface area contributed by atoms with Gasteiger partial charge in [-0.15, -0.1) is 0 Å². The zero-order valence-corrected chi connectivity index (χ0v) is 10.2. The zero-order valence-electron chi connectivity index (χ0n) is 10.2. The van der Waals surface area contributed by atoms with Crippen molar-refractivity contribution in [3.63, 3.8) is 0 Å². The van der Waals surface area contributed by atoms with Crippen molar-refractivity contribution in [2.75, 3.05) is 13.1 Å². The fraction of sp³-hybridized carbons (Fsp3) is 0.286. The second-order valence-electron chi connectivity index (χ2n) is 4.72. The molecule has 1 amide bonds. The van der Waals surface area contributed by atoms with E-state index < -0.39 is 12.2 Å². The van der Waals surface area contributed by atoms with Gasteiger partial charge in [0.05, 0.1) is 17.7 Å². The smallest absolute Gasteiger partial charge is 0.254 e. The topological polar surface area (TPSA) is 73.7 Å². The molecule has 2 atom stereocenters. The maximum Gasteiger partial charge on any atom is 0.254 e. The largest absolute Gasteiger partial charge is 0.388 e. The van der Waals surface area contributed by atoms with E-state index in [1.165, 1.54) is 4.90 Å². The molecule has 5 nitrogen and oxygen atoms in total. The highest BCUT2D eigenvalue weighted by molar-refractivity contribution is 6.06. The van der Waals surface area contributed by atoms with Gasteiger partial charge in [0.15, 0.2) is 0 Å². The second-order valence-corrected chi connectivity index (χ2v) is 4.72. The first kappa shape index (κ1) is 12.1. The van der Waals surface area contributed by atoms with Crippen LogP contribution in [0.5, 0.6) is 0 Å². The molecule has 1 saturated heterocycles. The number of hydrogen-bond acceptors (Lipinski definition) is 4. The van der Waals surface area contributed by atoms with Crippen molar-refractivity contribution in [2.24, 2.45) is 0 Å². The Bertz CT molecular complexity index is 614. The average Bonchev–Trinajstić information content (AvgIpc) is 2.77. The molecule has 2 unspecified atom stereocenters. The molecule has 1 aliphatic heterocycles. The van der Waals surface area contributed by atoms with Crippen molar-refractivity contribution in [3.05, 3.63) is 42.1 Å². The molecule has 1 aromatic heterocycles. The second kappa shape index (κ2) is 4.60. The van der Waals surface area contributed by atoms with Crippen molar-refractivity contribution in [1.29, 1.82) is 0 Å². The van der Waals surface area contributed by atoms with Gasteiger partial charge in [0, 0.05) is 30.2 Å². The Morgan fingerprint density at radius 1 is 1.16 bits per heavy atom. The number of β-amino-alcohol motifs (C(OH)–C–C–N with tert-alkyl or cyclic N) is 2. The fourth-order valence-electron chi connectivity index (χ4n) is 2.40. The molecule has 5 heteroatoms. The number of aliphatic hydroxyl groups excluding tert-OH is 2. The van der Waals surface area contributed by atoms with Crippen LogP contribution >= 0.6 is 0 Å². The summed E-state index contributed by atoms with van der Waals surface area (Å²) < 4.78 is 0. The first-order valence-electron chi connectivity index (χ1n) is 6.16. The highest BCUT2D eigenvalue weighted by atomic mass is 16.3. The van der Waals surface area contributed by atoms with E-state index in [9.17, 15) is 15.0 Å². The number of hydrogen-bond donors (Lipinski definition) is 2. The third kappa shape index (κ3) is 2.07. The number of aromatic nitrogens is 1. The lowest BCUT2D eigenvalue weighted by Gasteiger charge is -2.16. The Kier molecular flexibility index (Phi) is 2.93. The van der Waals surface area contributed by atoms with Gasteiger partial charge >= 0.3 is 0 Å². The van der Waals surface area contributed by atoms with Crippen LogP contribution in [0, 0.1) is 0 Å². The molecule has 0 bridgehead atoms. The van der Waals surface area contributed by atoms with Crippen molar-refractivity contribution in [2.45, 2.75) is 12.2 Å². The maximum atomic E-state index is 12.4. The Morgan fingerprint density at radius 3 is 2.63 bits per heavy atom. The number of benzene rings is 1. The van der Waals surface area contributed by atoms with Crippen LogP contribution in [0.3, 0.4) is 0 Å². The van der Waals surface area contributed by atoms with Gasteiger partial charge in [0.1, 0.15) is 0 Å². The van der Waals surface area contributed by atoms with Gasteiger partial charge in [-0.3, -0.25) is 9.78 Å². The number of nitrogens with zero attached hydrogens (tertiary/aromatic N) is 2. The zero-order chi connectivity index (χ0) is 13.4. The van der Waals surface area contributed by atoms with Crippen LogP contribution in [0.4, 0.5) is 0 Å². The molecule has 2 N–H and O–H groups in total. The lowest BCUT2D eigenvalue weighted by Crippen LogP contribution is -2.29. The molecule has 98 valence electrons. The molecule has 1 fully saturated rings. The number of aliphatic hydroxyl groups is 2. The quantitative estimate of drug-likeness (QED) is 0.777. The predicted octanol–water partition coefficient (Wildman–Crippen LogP) is 0.412. The summed E-state index contributed by atoms with van der Waals surface area (Å²) in [6.07, 6.45) is -0.0472. The normalized spacial score (nSPS) is 22.9. The van der Waals surface area contributed by atoms with Crippen molar-refractivity contribution < 1.29 is 15.0 Å². The Morgan fingerprint density at radius 2 is 1.89 bits per heavy atom. The van der Waals surface area contributed by atoms with Crippen LogP contribution < -0.4 is 0 Å². The van der Waals surface area contributed by atoms with E-state index in [1.807, 2.05) is 12.1 Å². The molecular weight excluding hydrogens is 244 g/mol. The molecule has 19 heavy (non-hydrogen) atoms. The van der Waals surface area contributed by atoms with E-state index in [1.54, 1.807) is 24.4 Å². The maximum absolute atomic E-state index is 12.4. The van der Waals surface area contributed by atoms with Gasteiger partial charge < -0.3 is 15.1 Å². The molecule has 0 aliphatic carbocycles. The average molecular weight is 258 g/mol. The number of carbonyl (C=O) groups is 1. The minimum atomic E-state index is -0.864. The van der Waals surface area contributed by atoms with Gasteiger partial charge in [-0.05, 0) is 18.2 Å². The first-order valence-corrected chi connectivity index (χ1v) is 6.16. The first-order chi connectivity index (χ1) is 9.16. The van der Waals surface area contributed by atoms with Crippen LogP contribution in [0.25, 0.3) is 10.9 Å². The van der Waals surface area contributed by atoms with E-state index in [4.69, 9.17) is 0 Å². The predicted molar refractivity (Wildman–Crippen MR) is 69.7 cm³/mol. The Labute approximate surface area is 110 Å². The summed E-state index contributed by atoms with van der Waals surface area (Å²) in [5.41, 5.74) is 1.31. The van der Waals surface area contributed by atoms with Crippen LogP contribution in [-0.2, 0) is 0 Å². The van der Waals surface area contributed by atoms with Crippen LogP contribution in [-0.4, -0.2) is 51.3 Å². The van der Waals surface area contributed by atoms with Gasteiger partial charge in [-0.2, -0.15) is 0 Å². The minimum Gasteiger partial charge on any atom is -0.388 e. The number of fused-ring (bicyclic) bond motifs is 1. The van der Waals surface area contributed by atoms with E-state index in [-0.39, 0.29) is 19.0 Å². The van der Waals surface area contributed by atoms with Crippen molar-refractivity contribution in [3.8, 4) is 0 Å². The molecule has 0 saturated carbocycles. The van der Waals surface area contributed by atoms with Gasteiger partial charge in [0.2, 0.25) is 0 Å². The molecule has 3 rings (SSSR count). The summed E-state index contributed by atoms with van der Waals surface area (Å²) in [7, 11) is 0. The number of pyridine rings is 1. The molecule has 1 aromatic carbocycles. The number of amides is 1. The summed E-state index contributed by atoms with van der Waals surface area (Å²) in [4.78, 5) is 18.1. The monoisotopic (exact) mass is 258 g/mol. The SMILES string of the molecule is O=C(c1cccc2ncccc12)N1CC(O)C(O)C1. The highest BCUT2D eigenvalue weighted by Gasteiger charge is 2.33. The molecule has 1 aliphatic rings. The van der Waals surface area contributed by atoms with Crippen molar-refractivity contribution in [1.82, 2.24) is 9.88 Å². The fourth-order valence-corrected chi connectivity index (χ4v) is 2.40. The van der Waals surface area contributed by atoms with Crippen LogP contribution in [0.15, 0.2) is 36.5 Å². The Hall–Kier alpha value is -1.98. The van der Waals surface area contributed by atoms with Gasteiger partial charge in [-0.25, -0.2) is 0 Å². The third-order valence-electron chi connectivity index (χ3n) is 3.42. The Balaban J connectivity index is 1.98. The minimum absolute atomic E-state index is 0.163. The van der Waals surface area contributed by atoms with Gasteiger partial charge in [-0.1, -0.05) is 12.1 Å². The highest BCUT2D eigenvalue weighted by Crippen LogP contribution is 2.20. The number of likely N-dealkylation sites (tertiary alicyclic amines) is 1.